The zero-order valence-electron chi connectivity index (χ0n) is 15.4. The number of methoxy groups -OCH3 is 1. The number of nitrogens with zero attached hydrogens (tertiary/aromatic N) is 2. The van der Waals surface area contributed by atoms with Gasteiger partial charge in [-0.3, -0.25) is 9.59 Å². The van der Waals surface area contributed by atoms with Crippen molar-refractivity contribution in [3.63, 3.8) is 0 Å². The minimum absolute atomic E-state index is 0.0327. The van der Waals surface area contributed by atoms with Crippen LogP contribution < -0.4 is 0 Å². The number of ether oxygens (including phenoxy) is 1. The van der Waals surface area contributed by atoms with Crippen LogP contribution in [0.4, 0.5) is 0 Å². The van der Waals surface area contributed by atoms with Crippen LogP contribution in [-0.2, 0) is 9.53 Å². The largest absolute Gasteiger partial charge is 0.507 e. The number of phenolic OH excluding ortho intramolecular Hbond substituents is 1. The predicted octanol–water partition coefficient (Wildman–Crippen LogP) is 2.27. The molecule has 1 aromatic rings. The van der Waals surface area contributed by atoms with E-state index in [0.717, 1.165) is 38.8 Å². The molecule has 26 heavy (non-hydrogen) atoms. The fourth-order valence-electron chi connectivity index (χ4n) is 4.12. The lowest BCUT2D eigenvalue weighted by molar-refractivity contribution is -0.139. The summed E-state index contributed by atoms with van der Waals surface area (Å²) in [5.41, 5.74) is 0.486. The zero-order chi connectivity index (χ0) is 18.6. The zero-order valence-corrected chi connectivity index (χ0v) is 15.4. The molecular formula is C20H28N2O4. The molecule has 0 bridgehead atoms. The number of amides is 2. The van der Waals surface area contributed by atoms with Crippen LogP contribution >= 0.6 is 0 Å². The van der Waals surface area contributed by atoms with Gasteiger partial charge in [-0.25, -0.2) is 0 Å². The van der Waals surface area contributed by atoms with Gasteiger partial charge in [0.25, 0.3) is 5.91 Å². The molecule has 1 spiro atoms. The SMILES string of the molecule is COCCCN1CC2(CCC1=O)CCN(C(=O)c1ccccc1O)CC2. The average molecular weight is 360 g/mol. The van der Waals surface area contributed by atoms with Crippen LogP contribution in [0, 0.1) is 5.41 Å². The van der Waals surface area contributed by atoms with Crippen LogP contribution in [0.25, 0.3) is 0 Å². The number of hydrogen-bond donors (Lipinski definition) is 1. The summed E-state index contributed by atoms with van der Waals surface area (Å²) in [6.45, 7) is 3.54. The van der Waals surface area contributed by atoms with Crippen LogP contribution in [0.15, 0.2) is 24.3 Å². The van der Waals surface area contributed by atoms with E-state index in [-0.39, 0.29) is 23.0 Å². The summed E-state index contributed by atoms with van der Waals surface area (Å²) in [6.07, 6.45) is 4.17. The first-order valence-electron chi connectivity index (χ1n) is 9.39. The molecule has 6 nitrogen and oxygen atoms in total. The van der Waals surface area contributed by atoms with Crippen molar-refractivity contribution in [2.45, 2.75) is 32.1 Å². The molecule has 2 aliphatic heterocycles. The van der Waals surface area contributed by atoms with Crippen LogP contribution in [-0.4, -0.2) is 66.6 Å². The van der Waals surface area contributed by atoms with Gasteiger partial charge in [0.05, 0.1) is 5.56 Å². The van der Waals surface area contributed by atoms with Crippen LogP contribution in [0.1, 0.15) is 42.5 Å². The second kappa shape index (κ2) is 8.08. The van der Waals surface area contributed by atoms with E-state index < -0.39 is 0 Å². The van der Waals surface area contributed by atoms with E-state index >= 15 is 0 Å². The first-order chi connectivity index (χ1) is 12.5. The number of aromatic hydroxyl groups is 1. The van der Waals surface area contributed by atoms with E-state index in [9.17, 15) is 14.7 Å². The van der Waals surface area contributed by atoms with Crippen molar-refractivity contribution in [3.8, 4) is 5.75 Å². The number of carbonyl (C=O) groups is 2. The molecule has 2 amide bonds. The molecule has 3 rings (SSSR count). The molecule has 6 heteroatoms. The van der Waals surface area contributed by atoms with Crippen molar-refractivity contribution in [2.75, 3.05) is 39.9 Å². The van der Waals surface area contributed by atoms with Crippen molar-refractivity contribution in [3.05, 3.63) is 29.8 Å². The normalized spacial score (nSPS) is 19.8. The van der Waals surface area contributed by atoms with Crippen LogP contribution in [0.3, 0.4) is 0 Å². The number of rotatable bonds is 5. The van der Waals surface area contributed by atoms with E-state index in [1.807, 2.05) is 9.80 Å². The highest BCUT2D eigenvalue weighted by molar-refractivity contribution is 5.96. The molecule has 0 atom stereocenters. The molecule has 142 valence electrons. The maximum atomic E-state index is 12.7. The van der Waals surface area contributed by atoms with Gasteiger partial charge in [0, 0.05) is 46.3 Å². The third-order valence-corrected chi connectivity index (χ3v) is 5.77. The van der Waals surface area contributed by atoms with Crippen molar-refractivity contribution in [1.29, 1.82) is 0 Å². The Bertz CT molecular complexity index is 653. The maximum Gasteiger partial charge on any atom is 0.257 e. The van der Waals surface area contributed by atoms with E-state index in [1.165, 1.54) is 0 Å². The maximum absolute atomic E-state index is 12.7. The van der Waals surface area contributed by atoms with Gasteiger partial charge >= 0.3 is 0 Å². The fraction of sp³-hybridized carbons (Fsp3) is 0.600. The summed E-state index contributed by atoms with van der Waals surface area (Å²) < 4.78 is 5.09. The van der Waals surface area contributed by atoms with Crippen molar-refractivity contribution in [2.24, 2.45) is 5.41 Å². The highest BCUT2D eigenvalue weighted by Crippen LogP contribution is 2.40. The van der Waals surface area contributed by atoms with Gasteiger partial charge in [-0.1, -0.05) is 12.1 Å². The molecule has 0 unspecified atom stereocenters. The van der Waals surface area contributed by atoms with Gasteiger partial charge in [0.2, 0.25) is 5.91 Å². The Morgan fingerprint density at radius 2 is 1.96 bits per heavy atom. The summed E-state index contributed by atoms with van der Waals surface area (Å²) in [5, 5.41) is 9.92. The number of hydrogen-bond acceptors (Lipinski definition) is 4. The molecule has 0 aliphatic carbocycles. The van der Waals surface area contributed by atoms with Gasteiger partial charge < -0.3 is 19.6 Å². The summed E-state index contributed by atoms with van der Waals surface area (Å²) in [6, 6.07) is 6.69. The fourth-order valence-corrected chi connectivity index (χ4v) is 4.12. The molecule has 2 aliphatic rings. The van der Waals surface area contributed by atoms with Crippen molar-refractivity contribution < 1.29 is 19.4 Å². The third kappa shape index (κ3) is 4.01. The number of para-hydroxylation sites is 1. The Morgan fingerprint density at radius 1 is 1.23 bits per heavy atom. The number of benzene rings is 1. The molecule has 2 saturated heterocycles. The number of carbonyl (C=O) groups excluding carboxylic acids is 2. The van der Waals surface area contributed by atoms with Gasteiger partial charge in [0.15, 0.2) is 0 Å². The Balaban J connectivity index is 1.59. The molecule has 0 aromatic heterocycles. The number of phenols is 1. The standard InChI is InChI=1S/C20H28N2O4/c1-26-14-4-11-22-15-20(8-7-18(22)24)9-12-21(13-10-20)19(25)16-5-2-3-6-17(16)23/h2-3,5-6,23H,4,7-15H2,1H3. The Kier molecular flexibility index (Phi) is 5.81. The second-order valence-corrected chi connectivity index (χ2v) is 7.47. The minimum Gasteiger partial charge on any atom is -0.507 e. The molecular weight excluding hydrogens is 332 g/mol. The lowest BCUT2D eigenvalue weighted by Gasteiger charge is -2.47. The first kappa shape index (κ1) is 18.7. The van der Waals surface area contributed by atoms with Gasteiger partial charge in [-0.2, -0.15) is 0 Å². The Labute approximate surface area is 154 Å². The summed E-state index contributed by atoms with van der Waals surface area (Å²) >= 11 is 0. The second-order valence-electron chi connectivity index (χ2n) is 7.47. The summed E-state index contributed by atoms with van der Waals surface area (Å²) in [5.74, 6) is 0.159. The molecule has 1 N–H and O–H groups in total. The van der Waals surface area contributed by atoms with E-state index in [2.05, 4.69) is 0 Å². The highest BCUT2D eigenvalue weighted by atomic mass is 16.5. The highest BCUT2D eigenvalue weighted by Gasteiger charge is 2.41. The monoisotopic (exact) mass is 360 g/mol. The first-order valence-corrected chi connectivity index (χ1v) is 9.39. The quantitative estimate of drug-likeness (QED) is 0.818. The van der Waals surface area contributed by atoms with E-state index in [4.69, 9.17) is 4.74 Å². The van der Waals surface area contributed by atoms with Crippen molar-refractivity contribution in [1.82, 2.24) is 9.80 Å². The predicted molar refractivity (Wildman–Crippen MR) is 98.0 cm³/mol. The topological polar surface area (TPSA) is 70.1 Å². The molecule has 2 fully saturated rings. The summed E-state index contributed by atoms with van der Waals surface area (Å²) in [7, 11) is 1.68. The number of piperidine rings is 2. The number of likely N-dealkylation sites (tertiary alicyclic amines) is 2. The Hall–Kier alpha value is -2.08. The average Bonchev–Trinajstić information content (AvgIpc) is 2.65. The Morgan fingerprint density at radius 3 is 2.65 bits per heavy atom. The van der Waals surface area contributed by atoms with E-state index in [1.54, 1.807) is 31.4 Å². The van der Waals surface area contributed by atoms with E-state index in [0.29, 0.717) is 31.7 Å². The molecule has 0 radical (unpaired) electrons. The summed E-state index contributed by atoms with van der Waals surface area (Å²) in [4.78, 5) is 28.7. The van der Waals surface area contributed by atoms with Crippen LogP contribution in [0.5, 0.6) is 5.75 Å². The molecule has 0 saturated carbocycles. The van der Waals surface area contributed by atoms with Gasteiger partial charge in [-0.15, -0.1) is 0 Å². The lowest BCUT2D eigenvalue weighted by Crippen LogP contribution is -2.52. The third-order valence-electron chi connectivity index (χ3n) is 5.77. The van der Waals surface area contributed by atoms with Gasteiger partial charge in [-0.05, 0) is 43.2 Å². The smallest absolute Gasteiger partial charge is 0.257 e. The van der Waals surface area contributed by atoms with Crippen LogP contribution in [0.2, 0.25) is 0 Å². The minimum atomic E-state index is -0.109. The van der Waals surface area contributed by atoms with Crippen molar-refractivity contribution >= 4 is 11.8 Å². The van der Waals surface area contributed by atoms with Gasteiger partial charge in [0.1, 0.15) is 5.75 Å². The molecule has 1 aromatic carbocycles. The lowest BCUT2D eigenvalue weighted by atomic mass is 9.72. The molecule has 2 heterocycles.